The van der Waals surface area contributed by atoms with E-state index >= 15 is 0 Å². The highest BCUT2D eigenvalue weighted by atomic mass is 32.2. The van der Waals surface area contributed by atoms with E-state index in [-0.39, 0.29) is 11.5 Å². The highest BCUT2D eigenvalue weighted by molar-refractivity contribution is 7.99. The molecule has 1 aromatic carbocycles. The van der Waals surface area contributed by atoms with Gasteiger partial charge in [-0.3, -0.25) is 0 Å². The standard InChI is InChI=1S/C19H21NO2S/c1-4-12-5-6-16-13(8-12)15-10-23-17-7-11(2)22-19(21)18(17)14(15)9-20(16)3/h5-8,14-15H,4,9-10H2,1-3H3/t14-,15+/m0/s1. The van der Waals surface area contributed by atoms with E-state index < -0.39 is 0 Å². The van der Waals surface area contributed by atoms with Crippen molar-refractivity contribution < 1.29 is 4.42 Å². The number of thioether (sulfide) groups is 1. The second-order valence-corrected chi connectivity index (χ2v) is 7.64. The molecular weight excluding hydrogens is 306 g/mol. The number of rotatable bonds is 1. The summed E-state index contributed by atoms with van der Waals surface area (Å²) in [5, 5.41) is 0. The molecule has 4 rings (SSSR count). The summed E-state index contributed by atoms with van der Waals surface area (Å²) in [5.41, 5.74) is 4.80. The number of anilines is 1. The van der Waals surface area contributed by atoms with Crippen molar-refractivity contribution in [3.8, 4) is 0 Å². The van der Waals surface area contributed by atoms with Crippen molar-refractivity contribution in [1.82, 2.24) is 0 Å². The fourth-order valence-electron chi connectivity index (χ4n) is 3.93. The van der Waals surface area contributed by atoms with Crippen molar-refractivity contribution in [2.75, 3.05) is 24.2 Å². The van der Waals surface area contributed by atoms with Gasteiger partial charge in [0.15, 0.2) is 0 Å². The first-order chi connectivity index (χ1) is 11.1. The van der Waals surface area contributed by atoms with E-state index in [9.17, 15) is 4.79 Å². The molecule has 120 valence electrons. The highest BCUT2D eigenvalue weighted by Gasteiger charge is 2.39. The molecule has 1 aromatic heterocycles. The minimum atomic E-state index is -0.148. The summed E-state index contributed by atoms with van der Waals surface area (Å²) in [6, 6.07) is 8.82. The third-order valence-corrected chi connectivity index (χ3v) is 6.30. The predicted molar refractivity (Wildman–Crippen MR) is 95.0 cm³/mol. The molecule has 2 aromatic rings. The van der Waals surface area contributed by atoms with Gasteiger partial charge < -0.3 is 9.32 Å². The molecule has 2 aliphatic rings. The predicted octanol–water partition coefficient (Wildman–Crippen LogP) is 3.93. The van der Waals surface area contributed by atoms with Crippen molar-refractivity contribution in [2.45, 2.75) is 37.0 Å². The monoisotopic (exact) mass is 327 g/mol. The third kappa shape index (κ3) is 2.31. The summed E-state index contributed by atoms with van der Waals surface area (Å²) in [7, 11) is 2.12. The zero-order chi connectivity index (χ0) is 16.1. The zero-order valence-corrected chi connectivity index (χ0v) is 14.6. The average Bonchev–Trinajstić information content (AvgIpc) is 2.53. The number of hydrogen-bond donors (Lipinski definition) is 0. The number of fused-ring (bicyclic) bond motifs is 5. The second kappa shape index (κ2) is 5.45. The van der Waals surface area contributed by atoms with Crippen LogP contribution in [0.2, 0.25) is 0 Å². The van der Waals surface area contributed by atoms with Crippen LogP contribution in [0.3, 0.4) is 0 Å². The number of nitrogens with zero attached hydrogens (tertiary/aromatic N) is 1. The lowest BCUT2D eigenvalue weighted by atomic mass is 9.78. The lowest BCUT2D eigenvalue weighted by Gasteiger charge is -2.42. The Labute approximate surface area is 140 Å². The number of benzene rings is 1. The van der Waals surface area contributed by atoms with Gasteiger partial charge in [0, 0.05) is 41.8 Å². The number of aryl methyl sites for hydroxylation is 2. The Hall–Kier alpha value is -1.68. The molecule has 0 saturated heterocycles. The lowest BCUT2D eigenvalue weighted by Crippen LogP contribution is -2.38. The molecule has 3 heterocycles. The summed E-state index contributed by atoms with van der Waals surface area (Å²) >= 11 is 1.80. The SMILES string of the molecule is CCc1ccc2c(c1)[C@H]1CSc3cc(C)oc(=O)c3[C@H]1CN2C. The van der Waals surface area contributed by atoms with Crippen molar-refractivity contribution >= 4 is 17.4 Å². The van der Waals surface area contributed by atoms with Crippen molar-refractivity contribution in [3.63, 3.8) is 0 Å². The van der Waals surface area contributed by atoms with E-state index in [1.54, 1.807) is 11.8 Å². The second-order valence-electron chi connectivity index (χ2n) is 6.57. The van der Waals surface area contributed by atoms with Crippen LogP contribution < -0.4 is 10.5 Å². The van der Waals surface area contributed by atoms with Gasteiger partial charge in [-0.2, -0.15) is 0 Å². The van der Waals surface area contributed by atoms with Gasteiger partial charge >= 0.3 is 5.63 Å². The van der Waals surface area contributed by atoms with Crippen molar-refractivity contribution in [3.05, 3.63) is 57.1 Å². The molecule has 0 radical (unpaired) electrons. The molecule has 0 bridgehead atoms. The van der Waals surface area contributed by atoms with Crippen molar-refractivity contribution in [1.29, 1.82) is 0 Å². The molecule has 0 N–H and O–H groups in total. The average molecular weight is 327 g/mol. The maximum atomic E-state index is 12.5. The third-order valence-electron chi connectivity index (χ3n) is 5.13. The minimum Gasteiger partial charge on any atom is -0.428 e. The molecule has 0 unspecified atom stereocenters. The van der Waals surface area contributed by atoms with Crippen LogP contribution in [0.1, 0.15) is 41.2 Å². The van der Waals surface area contributed by atoms with E-state index in [4.69, 9.17) is 4.42 Å². The van der Waals surface area contributed by atoms with E-state index in [1.807, 2.05) is 13.0 Å². The Kier molecular flexibility index (Phi) is 3.52. The van der Waals surface area contributed by atoms with E-state index in [1.165, 1.54) is 16.8 Å². The van der Waals surface area contributed by atoms with Gasteiger partial charge in [-0.05, 0) is 36.6 Å². The first-order valence-electron chi connectivity index (χ1n) is 8.20. The summed E-state index contributed by atoms with van der Waals surface area (Å²) in [5.74, 6) is 2.37. The maximum absolute atomic E-state index is 12.5. The van der Waals surface area contributed by atoms with Gasteiger partial charge in [-0.25, -0.2) is 4.79 Å². The Balaban J connectivity index is 1.87. The lowest BCUT2D eigenvalue weighted by molar-refractivity contribution is 0.438. The molecule has 4 heteroatoms. The maximum Gasteiger partial charge on any atom is 0.340 e. The molecule has 0 saturated carbocycles. The smallest absolute Gasteiger partial charge is 0.340 e. The molecule has 3 nitrogen and oxygen atoms in total. The fraction of sp³-hybridized carbons (Fsp3) is 0.421. The van der Waals surface area contributed by atoms with Gasteiger partial charge in [0.25, 0.3) is 0 Å². The van der Waals surface area contributed by atoms with E-state index in [0.717, 1.165) is 29.2 Å². The quantitative estimate of drug-likeness (QED) is 0.794. The summed E-state index contributed by atoms with van der Waals surface area (Å²) < 4.78 is 5.41. The first kappa shape index (κ1) is 14.9. The van der Waals surface area contributed by atoms with Crippen LogP contribution in [-0.4, -0.2) is 19.3 Å². The summed E-state index contributed by atoms with van der Waals surface area (Å²) in [6.07, 6.45) is 1.04. The van der Waals surface area contributed by atoms with E-state index in [0.29, 0.717) is 11.7 Å². The number of likely N-dealkylation sites (N-methyl/N-ethyl adjacent to an activating group) is 1. The molecule has 2 aliphatic heterocycles. The van der Waals surface area contributed by atoms with Gasteiger partial charge in [0.1, 0.15) is 5.76 Å². The largest absolute Gasteiger partial charge is 0.428 e. The van der Waals surface area contributed by atoms with Gasteiger partial charge in [-0.1, -0.05) is 19.1 Å². The Morgan fingerprint density at radius 3 is 2.91 bits per heavy atom. The summed E-state index contributed by atoms with van der Waals surface area (Å²) in [6.45, 7) is 4.92. The molecule has 0 spiro atoms. The molecular formula is C19H21NO2S. The Morgan fingerprint density at radius 1 is 1.30 bits per heavy atom. The molecule has 2 atom stereocenters. The first-order valence-corrected chi connectivity index (χ1v) is 9.18. The van der Waals surface area contributed by atoms with Crippen LogP contribution in [0.4, 0.5) is 5.69 Å². The van der Waals surface area contributed by atoms with Crippen LogP contribution in [0.15, 0.2) is 38.4 Å². The highest BCUT2D eigenvalue weighted by Crippen LogP contribution is 2.50. The van der Waals surface area contributed by atoms with Gasteiger partial charge in [-0.15, -0.1) is 11.8 Å². The van der Waals surface area contributed by atoms with Crippen molar-refractivity contribution in [2.24, 2.45) is 0 Å². The topological polar surface area (TPSA) is 33.5 Å². The van der Waals surface area contributed by atoms with Crippen LogP contribution in [0.25, 0.3) is 0 Å². The normalized spacial score (nSPS) is 22.3. The summed E-state index contributed by atoms with van der Waals surface area (Å²) in [4.78, 5) is 15.9. The van der Waals surface area contributed by atoms with Crippen LogP contribution in [0, 0.1) is 6.92 Å². The molecule has 0 aliphatic carbocycles. The fourth-order valence-corrected chi connectivity index (χ4v) is 5.34. The van der Waals surface area contributed by atoms with Gasteiger partial charge in [0.05, 0.1) is 5.56 Å². The molecule has 0 amide bonds. The van der Waals surface area contributed by atoms with Crippen LogP contribution >= 0.6 is 11.8 Å². The van der Waals surface area contributed by atoms with Crippen LogP contribution in [0.5, 0.6) is 0 Å². The molecule has 0 fully saturated rings. The molecule has 23 heavy (non-hydrogen) atoms. The number of hydrogen-bond acceptors (Lipinski definition) is 4. The van der Waals surface area contributed by atoms with Crippen LogP contribution in [-0.2, 0) is 6.42 Å². The van der Waals surface area contributed by atoms with E-state index in [2.05, 4.69) is 37.1 Å². The Morgan fingerprint density at radius 2 is 2.13 bits per heavy atom. The zero-order valence-electron chi connectivity index (χ0n) is 13.8. The Bertz CT molecular complexity index is 827. The van der Waals surface area contributed by atoms with Gasteiger partial charge in [0.2, 0.25) is 0 Å². The minimum absolute atomic E-state index is 0.148.